The molecule has 0 aliphatic carbocycles. The van der Waals surface area contributed by atoms with E-state index in [-0.39, 0.29) is 5.82 Å². The number of hydrogen-bond acceptors (Lipinski definition) is 2. The first-order valence-electron chi connectivity index (χ1n) is 6.39. The average molecular weight is 267 g/mol. The van der Waals surface area contributed by atoms with Crippen LogP contribution in [0.25, 0.3) is 22.2 Å². The summed E-state index contributed by atoms with van der Waals surface area (Å²) < 4.78 is 18.7. The van der Waals surface area contributed by atoms with Gasteiger partial charge in [-0.15, -0.1) is 0 Å². The standard InChI is InChI=1S/C17H14FNO/c1-11-9-12-6-4-8-15(20-2)17(12)19-16(11)13-5-3-7-14(18)10-13/h3-10H,1-2H3. The highest BCUT2D eigenvalue weighted by Gasteiger charge is 2.09. The van der Waals surface area contributed by atoms with Crippen LogP contribution in [0.1, 0.15) is 5.56 Å². The Labute approximate surface area is 116 Å². The van der Waals surface area contributed by atoms with Crippen LogP contribution in [0.5, 0.6) is 5.75 Å². The van der Waals surface area contributed by atoms with Gasteiger partial charge >= 0.3 is 0 Å². The first-order chi connectivity index (χ1) is 9.69. The van der Waals surface area contributed by atoms with E-state index in [4.69, 9.17) is 4.74 Å². The number of rotatable bonds is 2. The van der Waals surface area contributed by atoms with Crippen molar-refractivity contribution in [2.75, 3.05) is 7.11 Å². The number of ether oxygens (including phenoxy) is 1. The van der Waals surface area contributed by atoms with E-state index >= 15 is 0 Å². The van der Waals surface area contributed by atoms with Crippen LogP contribution < -0.4 is 4.74 Å². The number of methoxy groups -OCH3 is 1. The van der Waals surface area contributed by atoms with Crippen LogP contribution in [0, 0.1) is 12.7 Å². The molecule has 2 nitrogen and oxygen atoms in total. The summed E-state index contributed by atoms with van der Waals surface area (Å²) in [6.07, 6.45) is 0. The van der Waals surface area contributed by atoms with Crippen LogP contribution in [0.3, 0.4) is 0 Å². The minimum absolute atomic E-state index is 0.260. The van der Waals surface area contributed by atoms with Gasteiger partial charge in [0.05, 0.1) is 12.8 Å². The molecule has 2 aromatic carbocycles. The highest BCUT2D eigenvalue weighted by atomic mass is 19.1. The molecule has 0 radical (unpaired) electrons. The Morgan fingerprint density at radius 2 is 1.85 bits per heavy atom. The quantitative estimate of drug-likeness (QED) is 0.688. The summed E-state index contributed by atoms with van der Waals surface area (Å²) in [5, 5.41) is 1.02. The molecule has 100 valence electrons. The average Bonchev–Trinajstić information content (AvgIpc) is 2.45. The third kappa shape index (κ3) is 2.11. The Kier molecular flexibility index (Phi) is 3.11. The number of hydrogen-bond donors (Lipinski definition) is 0. The Balaban J connectivity index is 2.28. The molecule has 0 aliphatic heterocycles. The highest BCUT2D eigenvalue weighted by molar-refractivity contribution is 5.88. The molecule has 0 N–H and O–H groups in total. The third-order valence-corrected chi connectivity index (χ3v) is 3.32. The van der Waals surface area contributed by atoms with Crippen LogP contribution in [0.2, 0.25) is 0 Å². The molecule has 1 heterocycles. The zero-order valence-electron chi connectivity index (χ0n) is 11.4. The summed E-state index contributed by atoms with van der Waals surface area (Å²) in [5.41, 5.74) is 3.35. The maximum Gasteiger partial charge on any atom is 0.145 e. The predicted molar refractivity (Wildman–Crippen MR) is 78.4 cm³/mol. The molecular formula is C17H14FNO. The number of benzene rings is 2. The normalized spacial score (nSPS) is 10.8. The van der Waals surface area contributed by atoms with Gasteiger partial charge in [0.1, 0.15) is 17.1 Å². The van der Waals surface area contributed by atoms with Crippen molar-refractivity contribution in [3.63, 3.8) is 0 Å². The van der Waals surface area contributed by atoms with Gasteiger partial charge in [-0.3, -0.25) is 0 Å². The summed E-state index contributed by atoms with van der Waals surface area (Å²) in [5.74, 6) is 0.462. The van der Waals surface area contributed by atoms with Gasteiger partial charge in [0.15, 0.2) is 0 Å². The Morgan fingerprint density at radius 1 is 1.05 bits per heavy atom. The maximum atomic E-state index is 13.4. The van der Waals surface area contributed by atoms with Gasteiger partial charge in [-0.05, 0) is 36.8 Å². The highest BCUT2D eigenvalue weighted by Crippen LogP contribution is 2.30. The summed E-state index contributed by atoms with van der Waals surface area (Å²) >= 11 is 0. The smallest absolute Gasteiger partial charge is 0.145 e. The van der Waals surface area contributed by atoms with Crippen LogP contribution >= 0.6 is 0 Å². The number of fused-ring (bicyclic) bond motifs is 1. The van der Waals surface area contributed by atoms with Crippen molar-refractivity contribution in [2.24, 2.45) is 0 Å². The minimum atomic E-state index is -0.260. The zero-order valence-corrected chi connectivity index (χ0v) is 11.4. The summed E-state index contributed by atoms with van der Waals surface area (Å²) in [6, 6.07) is 14.3. The van der Waals surface area contributed by atoms with Crippen molar-refractivity contribution in [1.82, 2.24) is 4.98 Å². The van der Waals surface area contributed by atoms with Gasteiger partial charge in [-0.2, -0.15) is 0 Å². The van der Waals surface area contributed by atoms with Gasteiger partial charge in [-0.1, -0.05) is 24.3 Å². The Hall–Kier alpha value is -2.42. The lowest BCUT2D eigenvalue weighted by molar-refractivity contribution is 0.419. The molecule has 3 heteroatoms. The lowest BCUT2D eigenvalue weighted by Gasteiger charge is -2.10. The van der Waals surface area contributed by atoms with Gasteiger partial charge in [0.2, 0.25) is 0 Å². The van der Waals surface area contributed by atoms with E-state index in [1.165, 1.54) is 12.1 Å². The summed E-state index contributed by atoms with van der Waals surface area (Å²) in [6.45, 7) is 1.98. The molecule has 0 bridgehead atoms. The number of para-hydroxylation sites is 1. The molecule has 1 aromatic heterocycles. The summed E-state index contributed by atoms with van der Waals surface area (Å²) in [7, 11) is 1.62. The number of aryl methyl sites for hydroxylation is 1. The van der Waals surface area contributed by atoms with E-state index in [0.717, 1.165) is 33.5 Å². The van der Waals surface area contributed by atoms with E-state index in [2.05, 4.69) is 4.98 Å². The van der Waals surface area contributed by atoms with Crippen LogP contribution in [0.4, 0.5) is 4.39 Å². The number of aromatic nitrogens is 1. The molecule has 3 rings (SSSR count). The largest absolute Gasteiger partial charge is 0.494 e. The molecule has 0 saturated carbocycles. The molecule has 0 saturated heterocycles. The van der Waals surface area contributed by atoms with Gasteiger partial charge in [-0.25, -0.2) is 9.37 Å². The molecule has 0 fully saturated rings. The molecule has 0 aliphatic rings. The second-order valence-electron chi connectivity index (χ2n) is 4.70. The van der Waals surface area contributed by atoms with E-state index in [1.54, 1.807) is 13.2 Å². The van der Waals surface area contributed by atoms with Crippen LogP contribution in [0.15, 0.2) is 48.5 Å². The fourth-order valence-corrected chi connectivity index (χ4v) is 2.37. The molecular weight excluding hydrogens is 253 g/mol. The van der Waals surface area contributed by atoms with Crippen molar-refractivity contribution in [2.45, 2.75) is 6.92 Å². The van der Waals surface area contributed by atoms with E-state index in [9.17, 15) is 4.39 Å². The fourth-order valence-electron chi connectivity index (χ4n) is 2.37. The van der Waals surface area contributed by atoms with E-state index in [0.29, 0.717) is 0 Å². The third-order valence-electron chi connectivity index (χ3n) is 3.32. The molecule has 0 atom stereocenters. The molecule has 0 amide bonds. The van der Waals surface area contributed by atoms with Crippen molar-refractivity contribution in [3.8, 4) is 17.0 Å². The van der Waals surface area contributed by atoms with Crippen LogP contribution in [-0.4, -0.2) is 12.1 Å². The van der Waals surface area contributed by atoms with Gasteiger partial charge in [0, 0.05) is 10.9 Å². The first-order valence-corrected chi connectivity index (χ1v) is 6.39. The van der Waals surface area contributed by atoms with Gasteiger partial charge in [0.25, 0.3) is 0 Å². The Bertz CT molecular complexity index is 783. The second kappa shape index (κ2) is 4.93. The minimum Gasteiger partial charge on any atom is -0.494 e. The number of pyridine rings is 1. The number of halogens is 1. The second-order valence-corrected chi connectivity index (χ2v) is 4.70. The first kappa shape index (κ1) is 12.6. The lowest BCUT2D eigenvalue weighted by atomic mass is 10.0. The molecule has 20 heavy (non-hydrogen) atoms. The predicted octanol–water partition coefficient (Wildman–Crippen LogP) is 4.36. The number of nitrogens with zero attached hydrogens (tertiary/aromatic N) is 1. The van der Waals surface area contributed by atoms with Crippen molar-refractivity contribution >= 4 is 10.9 Å². The Morgan fingerprint density at radius 3 is 2.60 bits per heavy atom. The maximum absolute atomic E-state index is 13.4. The molecule has 0 spiro atoms. The molecule has 0 unspecified atom stereocenters. The monoisotopic (exact) mass is 267 g/mol. The summed E-state index contributed by atoms with van der Waals surface area (Å²) in [4.78, 5) is 4.67. The van der Waals surface area contributed by atoms with Crippen molar-refractivity contribution in [3.05, 3.63) is 59.9 Å². The van der Waals surface area contributed by atoms with Crippen LogP contribution in [-0.2, 0) is 0 Å². The molecule has 3 aromatic rings. The van der Waals surface area contributed by atoms with E-state index < -0.39 is 0 Å². The fraction of sp³-hybridized carbons (Fsp3) is 0.118. The lowest BCUT2D eigenvalue weighted by Crippen LogP contribution is -1.93. The van der Waals surface area contributed by atoms with E-state index in [1.807, 2.05) is 37.3 Å². The SMILES string of the molecule is COc1cccc2cc(C)c(-c3cccc(F)c3)nc12. The zero-order chi connectivity index (χ0) is 14.1. The van der Waals surface area contributed by atoms with Crippen molar-refractivity contribution < 1.29 is 9.13 Å². The van der Waals surface area contributed by atoms with Gasteiger partial charge < -0.3 is 4.74 Å². The topological polar surface area (TPSA) is 22.1 Å². The van der Waals surface area contributed by atoms with Crippen molar-refractivity contribution in [1.29, 1.82) is 0 Å².